The van der Waals surface area contributed by atoms with Gasteiger partial charge in [-0.25, -0.2) is 9.78 Å². The number of nitrogens with zero attached hydrogens (tertiary/aromatic N) is 4. The van der Waals surface area contributed by atoms with Crippen LogP contribution in [0.5, 0.6) is 5.88 Å². The molecule has 1 amide bonds. The largest absolute Gasteiger partial charge is 0.477 e. The van der Waals surface area contributed by atoms with E-state index in [0.29, 0.717) is 60.1 Å². The molecule has 0 N–H and O–H groups in total. The number of ether oxygens (including phenoxy) is 2. The van der Waals surface area contributed by atoms with Crippen LogP contribution in [0.4, 0.5) is 4.79 Å². The van der Waals surface area contributed by atoms with Crippen LogP contribution in [-0.2, 0) is 16.1 Å². The fourth-order valence-electron chi connectivity index (χ4n) is 4.52. The molecule has 1 saturated heterocycles. The lowest BCUT2D eigenvalue weighted by Crippen LogP contribution is -2.43. The highest BCUT2D eigenvalue weighted by Gasteiger charge is 2.30. The van der Waals surface area contributed by atoms with Gasteiger partial charge in [-0.1, -0.05) is 13.3 Å². The van der Waals surface area contributed by atoms with E-state index in [1.54, 1.807) is 35.6 Å². The number of carbonyl (C=O) groups excluding carboxylic acids is 2. The van der Waals surface area contributed by atoms with Crippen molar-refractivity contribution in [3.8, 4) is 5.88 Å². The molecule has 36 heavy (non-hydrogen) atoms. The third-order valence-corrected chi connectivity index (χ3v) is 6.40. The maximum Gasteiger partial charge on any atom is 0.410 e. The summed E-state index contributed by atoms with van der Waals surface area (Å²) in [5.41, 5.74) is -0.211. The van der Waals surface area contributed by atoms with Crippen molar-refractivity contribution in [3.63, 3.8) is 0 Å². The third kappa shape index (κ3) is 5.50. The Morgan fingerprint density at radius 2 is 1.86 bits per heavy atom. The SMILES string of the molecule is CCCCOc1nccc2c1c1cnccc1c(=O)n2CC(=O)C1CCN(C(=O)OC(C)(C)C)CC1. The predicted molar refractivity (Wildman–Crippen MR) is 137 cm³/mol. The van der Waals surface area contributed by atoms with Crippen LogP contribution in [0.1, 0.15) is 53.4 Å². The Labute approximate surface area is 210 Å². The molecular weight excluding hydrogens is 460 g/mol. The van der Waals surface area contributed by atoms with Crippen LogP contribution in [0.3, 0.4) is 0 Å². The number of hydrogen-bond acceptors (Lipinski definition) is 7. The number of Topliss-reactive ketones (excluding diaryl/α,β-unsaturated/α-hetero) is 1. The van der Waals surface area contributed by atoms with Gasteiger partial charge >= 0.3 is 6.09 Å². The van der Waals surface area contributed by atoms with Gasteiger partial charge in [-0.2, -0.15) is 0 Å². The zero-order chi connectivity index (χ0) is 25.9. The maximum absolute atomic E-state index is 13.5. The van der Waals surface area contributed by atoms with Gasteiger partial charge in [0.2, 0.25) is 5.88 Å². The van der Waals surface area contributed by atoms with Gasteiger partial charge in [-0.05, 0) is 52.2 Å². The Morgan fingerprint density at radius 3 is 2.56 bits per heavy atom. The molecule has 0 aromatic carbocycles. The Bertz CT molecular complexity index is 1320. The molecule has 1 aliphatic rings. The number of piperidine rings is 1. The Morgan fingerprint density at radius 1 is 1.11 bits per heavy atom. The van der Waals surface area contributed by atoms with E-state index in [4.69, 9.17) is 9.47 Å². The lowest BCUT2D eigenvalue weighted by atomic mass is 9.92. The zero-order valence-electron chi connectivity index (χ0n) is 21.5. The molecule has 0 unspecified atom stereocenters. The number of ketones is 1. The highest BCUT2D eigenvalue weighted by molar-refractivity contribution is 6.08. The molecule has 9 nitrogen and oxygen atoms in total. The van der Waals surface area contributed by atoms with Crippen molar-refractivity contribution in [1.29, 1.82) is 0 Å². The second-order valence-corrected chi connectivity index (χ2v) is 10.2. The summed E-state index contributed by atoms with van der Waals surface area (Å²) in [6.07, 6.45) is 7.40. The van der Waals surface area contributed by atoms with Crippen molar-refractivity contribution in [1.82, 2.24) is 19.4 Å². The highest BCUT2D eigenvalue weighted by atomic mass is 16.6. The molecule has 0 spiro atoms. The van der Waals surface area contributed by atoms with Crippen molar-refractivity contribution in [2.75, 3.05) is 19.7 Å². The van der Waals surface area contributed by atoms with Gasteiger partial charge in [0.1, 0.15) is 5.60 Å². The molecule has 3 aromatic heterocycles. The van der Waals surface area contributed by atoms with Gasteiger partial charge in [-0.15, -0.1) is 0 Å². The molecule has 0 saturated carbocycles. The smallest absolute Gasteiger partial charge is 0.410 e. The first-order valence-corrected chi connectivity index (χ1v) is 12.6. The minimum atomic E-state index is -0.564. The van der Waals surface area contributed by atoms with E-state index in [-0.39, 0.29) is 29.9 Å². The average Bonchev–Trinajstić information content (AvgIpc) is 2.85. The summed E-state index contributed by atoms with van der Waals surface area (Å²) >= 11 is 0. The number of amides is 1. The van der Waals surface area contributed by atoms with Gasteiger partial charge in [0.05, 0.1) is 29.4 Å². The minimum absolute atomic E-state index is 0.0269. The third-order valence-electron chi connectivity index (χ3n) is 6.40. The average molecular weight is 495 g/mol. The van der Waals surface area contributed by atoms with Crippen LogP contribution in [0.25, 0.3) is 21.7 Å². The van der Waals surface area contributed by atoms with Crippen molar-refractivity contribution < 1.29 is 19.1 Å². The minimum Gasteiger partial charge on any atom is -0.477 e. The molecule has 4 heterocycles. The first-order chi connectivity index (χ1) is 17.2. The normalized spacial score (nSPS) is 14.8. The summed E-state index contributed by atoms with van der Waals surface area (Å²) < 4.78 is 12.9. The summed E-state index contributed by atoms with van der Waals surface area (Å²) in [7, 11) is 0. The number of hydrogen-bond donors (Lipinski definition) is 0. The second kappa shape index (κ2) is 10.6. The first-order valence-electron chi connectivity index (χ1n) is 12.6. The lowest BCUT2D eigenvalue weighted by molar-refractivity contribution is -0.124. The fraction of sp³-hybridized carbons (Fsp3) is 0.519. The zero-order valence-corrected chi connectivity index (χ0v) is 21.5. The maximum atomic E-state index is 13.5. The molecule has 1 fully saturated rings. The summed E-state index contributed by atoms with van der Waals surface area (Å²) in [6.45, 7) is 8.94. The van der Waals surface area contributed by atoms with E-state index >= 15 is 0 Å². The molecule has 9 heteroatoms. The lowest BCUT2D eigenvalue weighted by Gasteiger charge is -2.33. The van der Waals surface area contributed by atoms with Crippen LogP contribution in [0.2, 0.25) is 0 Å². The summed E-state index contributed by atoms with van der Waals surface area (Å²) in [6, 6.07) is 3.41. The summed E-state index contributed by atoms with van der Waals surface area (Å²) in [4.78, 5) is 49.5. The first kappa shape index (κ1) is 25.6. The molecule has 1 aliphatic heterocycles. The monoisotopic (exact) mass is 494 g/mol. The van der Waals surface area contributed by atoms with Crippen LogP contribution in [0.15, 0.2) is 35.5 Å². The standard InChI is InChI=1S/C27H34N4O5/c1-5-6-15-35-24-23-20-16-28-11-7-19(20)25(33)31(21(23)8-12-29-24)17-22(32)18-9-13-30(14-10-18)26(34)36-27(2,3)4/h7-8,11-12,16,18H,5-6,9-10,13-15,17H2,1-4H3. The van der Waals surface area contributed by atoms with Gasteiger partial charge in [-0.3, -0.25) is 14.6 Å². The van der Waals surface area contributed by atoms with Crippen LogP contribution in [0, 0.1) is 5.92 Å². The van der Waals surface area contributed by atoms with E-state index in [1.807, 2.05) is 20.8 Å². The fourth-order valence-corrected chi connectivity index (χ4v) is 4.52. The highest BCUT2D eigenvalue weighted by Crippen LogP contribution is 2.30. The molecule has 4 rings (SSSR count). The van der Waals surface area contributed by atoms with Crippen molar-refractivity contribution >= 4 is 33.6 Å². The van der Waals surface area contributed by atoms with Crippen molar-refractivity contribution in [3.05, 3.63) is 41.1 Å². The van der Waals surface area contributed by atoms with E-state index in [9.17, 15) is 14.4 Å². The van der Waals surface area contributed by atoms with Crippen LogP contribution in [-0.4, -0.2) is 56.6 Å². The summed E-state index contributed by atoms with van der Waals surface area (Å²) in [5, 5.41) is 1.81. The number of pyridine rings is 3. The number of carbonyl (C=O) groups is 2. The van der Waals surface area contributed by atoms with Gasteiger partial charge in [0, 0.05) is 43.0 Å². The summed E-state index contributed by atoms with van der Waals surface area (Å²) in [5.74, 6) is 0.174. The van der Waals surface area contributed by atoms with Gasteiger partial charge in [0.25, 0.3) is 5.56 Å². The molecular formula is C27H34N4O5. The number of fused-ring (bicyclic) bond motifs is 3. The Kier molecular flexibility index (Phi) is 7.56. The Hall–Kier alpha value is -3.49. The van der Waals surface area contributed by atoms with E-state index in [1.165, 1.54) is 4.57 Å². The predicted octanol–water partition coefficient (Wildman–Crippen LogP) is 4.34. The second-order valence-electron chi connectivity index (χ2n) is 10.2. The molecule has 192 valence electrons. The topological polar surface area (TPSA) is 104 Å². The van der Waals surface area contributed by atoms with Crippen molar-refractivity contribution in [2.45, 2.75) is 65.5 Å². The van der Waals surface area contributed by atoms with Crippen LogP contribution < -0.4 is 10.3 Å². The van der Waals surface area contributed by atoms with Crippen molar-refractivity contribution in [2.24, 2.45) is 5.92 Å². The molecule has 0 atom stereocenters. The number of likely N-dealkylation sites (tertiary alicyclic amines) is 1. The van der Waals surface area contributed by atoms with E-state index < -0.39 is 5.60 Å². The van der Waals surface area contributed by atoms with Gasteiger partial charge < -0.3 is 18.9 Å². The number of unbranched alkanes of at least 4 members (excludes halogenated alkanes) is 1. The van der Waals surface area contributed by atoms with Crippen LogP contribution >= 0.6 is 0 Å². The number of rotatable bonds is 7. The molecule has 0 bridgehead atoms. The molecule has 3 aromatic rings. The molecule has 0 aliphatic carbocycles. The Balaban J connectivity index is 1.60. The van der Waals surface area contributed by atoms with Gasteiger partial charge in [0.15, 0.2) is 5.78 Å². The number of aromatic nitrogens is 3. The van der Waals surface area contributed by atoms with E-state index in [0.717, 1.165) is 12.8 Å². The van der Waals surface area contributed by atoms with E-state index in [2.05, 4.69) is 16.9 Å². The quantitative estimate of drug-likeness (QED) is 0.355. The molecule has 0 radical (unpaired) electrons.